The monoisotopic (exact) mass is 914 g/mol. The Balaban J connectivity index is 2.03. The van der Waals surface area contributed by atoms with Gasteiger partial charge >= 0.3 is 57.8 Å². The van der Waals surface area contributed by atoms with E-state index in [0.717, 1.165) is 6.92 Å². The summed E-state index contributed by atoms with van der Waals surface area (Å²) >= 11 is 0. The Hall–Kier alpha value is -1.54. The maximum absolute atomic E-state index is 12.4. The predicted molar refractivity (Wildman–Crippen MR) is 161 cm³/mol. The number of hydrogen-bond donors (Lipinski definition) is 12. The van der Waals surface area contributed by atoms with E-state index in [1.165, 1.54) is 9.44 Å². The Bertz CT molecular complexity index is 1910. The van der Waals surface area contributed by atoms with Crippen molar-refractivity contribution in [2.75, 3.05) is 13.2 Å². The molecule has 3 aliphatic rings. The first-order valence-corrected chi connectivity index (χ1v) is 21.4. The van der Waals surface area contributed by atoms with Gasteiger partial charge in [0.15, 0.2) is 18.7 Å². The fraction of sp³-hybridized carbons (Fsp3) is 0.947. The molecule has 3 fully saturated rings. The Labute approximate surface area is 309 Å². The van der Waals surface area contributed by atoms with Crippen molar-refractivity contribution in [2.45, 2.75) is 98.7 Å². The van der Waals surface area contributed by atoms with Crippen LogP contribution in [0.15, 0.2) is 0 Å². The summed E-state index contributed by atoms with van der Waals surface area (Å²) in [6, 6.07) is -4.51. The Kier molecular flexibility index (Phi) is 15.4. The summed E-state index contributed by atoms with van der Waals surface area (Å²) in [5, 5.41) is 52.8. The van der Waals surface area contributed by atoms with E-state index in [0.29, 0.717) is 0 Å². The maximum atomic E-state index is 12.4. The summed E-state index contributed by atoms with van der Waals surface area (Å²) in [4.78, 5) is 12.4. The van der Waals surface area contributed by atoms with Crippen LogP contribution < -0.4 is 9.44 Å². The lowest BCUT2D eigenvalue weighted by atomic mass is 9.93. The molecule has 12 N–H and O–H groups in total. The molecule has 3 rings (SSSR count). The van der Waals surface area contributed by atoms with Gasteiger partial charge in [0.05, 0.1) is 25.4 Å². The highest BCUT2D eigenvalue weighted by atomic mass is 32.3. The summed E-state index contributed by atoms with van der Waals surface area (Å²) < 4.78 is 203. The van der Waals surface area contributed by atoms with Gasteiger partial charge in [0.2, 0.25) is 0 Å². The number of carboxylic acid groups (broad SMARTS) is 1. The smallest absolute Gasteiger partial charge is 0.397 e. The first-order valence-electron chi connectivity index (χ1n) is 14.4. The minimum atomic E-state index is -5.70. The van der Waals surface area contributed by atoms with E-state index < -0.39 is 163 Å². The molecule has 0 bridgehead atoms. The third kappa shape index (κ3) is 14.1. The Morgan fingerprint density at radius 1 is 0.582 bits per heavy atom. The number of ether oxygens (including phenoxy) is 5. The molecule has 6 unspecified atom stereocenters. The van der Waals surface area contributed by atoms with E-state index in [4.69, 9.17) is 32.8 Å². The van der Waals surface area contributed by atoms with Crippen molar-refractivity contribution in [2.24, 2.45) is 0 Å². The third-order valence-electron chi connectivity index (χ3n) is 7.58. The van der Waals surface area contributed by atoms with Gasteiger partial charge in [0.25, 0.3) is 0 Å². The quantitative estimate of drug-likeness (QED) is 0.0603. The third-order valence-corrected chi connectivity index (χ3v) is 10.0. The fourth-order valence-electron chi connectivity index (χ4n) is 5.41. The molecule has 3 aliphatic heterocycles. The molecule has 0 aromatic rings. The second kappa shape index (κ2) is 17.8. The van der Waals surface area contributed by atoms with Crippen LogP contribution in [0.5, 0.6) is 0 Å². The molecule has 0 amide bonds. The molecule has 3 saturated heterocycles. The second-order valence-electron chi connectivity index (χ2n) is 11.5. The highest BCUT2D eigenvalue weighted by Crippen LogP contribution is 2.34. The minimum absolute atomic E-state index is 0.963. The van der Waals surface area contributed by atoms with Crippen LogP contribution >= 0.6 is 0 Å². The highest BCUT2D eigenvalue weighted by molar-refractivity contribution is 7.84. The molecule has 36 heteroatoms. The number of carboxylic acids is 1. The van der Waals surface area contributed by atoms with Crippen LogP contribution in [0.4, 0.5) is 0 Å². The summed E-state index contributed by atoms with van der Waals surface area (Å²) in [7, 11) is -27.0. The van der Waals surface area contributed by atoms with Crippen molar-refractivity contribution in [1.82, 2.24) is 9.44 Å². The zero-order valence-electron chi connectivity index (χ0n) is 26.8. The molecule has 324 valence electrons. The van der Waals surface area contributed by atoms with Gasteiger partial charge in [-0.3, -0.25) is 22.8 Å². The van der Waals surface area contributed by atoms with Gasteiger partial charge in [-0.05, 0) is 6.92 Å². The van der Waals surface area contributed by atoms with Crippen LogP contribution in [0.25, 0.3) is 0 Å². The van der Waals surface area contributed by atoms with Gasteiger partial charge in [0.1, 0.15) is 61.0 Å². The summed E-state index contributed by atoms with van der Waals surface area (Å²) in [6.07, 6.45) is -31.2. The largest absolute Gasteiger partial charge is 0.479 e. The number of hydrogen-bond acceptors (Lipinski definition) is 23. The highest BCUT2D eigenvalue weighted by Gasteiger charge is 2.57. The van der Waals surface area contributed by atoms with Crippen molar-refractivity contribution < 1.29 is 131 Å². The van der Waals surface area contributed by atoms with E-state index in [-0.39, 0.29) is 0 Å². The van der Waals surface area contributed by atoms with Crippen LogP contribution in [0.2, 0.25) is 0 Å². The Morgan fingerprint density at radius 3 is 1.55 bits per heavy atom. The average Bonchev–Trinajstić information content (AvgIpc) is 2.98. The van der Waals surface area contributed by atoms with Crippen LogP contribution in [0, 0.1) is 0 Å². The molecular weight excluding hydrogens is 881 g/mol. The molecule has 0 aromatic carbocycles. The summed E-state index contributed by atoms with van der Waals surface area (Å²) in [6.45, 7) is -1.76. The average molecular weight is 915 g/mol. The number of rotatable bonds is 17. The lowest BCUT2D eigenvalue weighted by molar-refractivity contribution is -0.354. The number of nitrogens with one attached hydrogen (secondary N) is 2. The maximum Gasteiger partial charge on any atom is 0.397 e. The van der Waals surface area contributed by atoms with Crippen LogP contribution in [0.3, 0.4) is 0 Å². The number of aliphatic hydroxyl groups excluding tert-OH is 4. The molecule has 15 atom stereocenters. The number of carbonyl (C=O) groups is 1. The molecule has 0 aromatic heterocycles. The lowest BCUT2D eigenvalue weighted by Crippen LogP contribution is -2.69. The molecule has 0 saturated carbocycles. The molecule has 0 radical (unpaired) electrons. The van der Waals surface area contributed by atoms with Gasteiger partial charge in [-0.2, -0.15) is 51.5 Å². The Morgan fingerprint density at radius 2 is 1.07 bits per heavy atom. The number of aliphatic carboxylic acids is 1. The first-order chi connectivity index (χ1) is 24.8. The zero-order valence-corrected chi connectivity index (χ0v) is 30.9. The topological polar surface area (TPSA) is 488 Å². The molecule has 31 nitrogen and oxygen atoms in total. The molecule has 55 heavy (non-hydrogen) atoms. The minimum Gasteiger partial charge on any atom is -0.479 e. The van der Waals surface area contributed by atoms with Crippen LogP contribution in [0.1, 0.15) is 6.92 Å². The molecular formula is C19H34N2O29S5. The first kappa shape index (κ1) is 47.8. The zero-order chi connectivity index (χ0) is 42.2. The van der Waals surface area contributed by atoms with Crippen LogP contribution in [-0.4, -0.2) is 201 Å². The molecule has 0 aliphatic carbocycles. The second-order valence-corrected chi connectivity index (χ2v) is 17.1. The standard InChI is InChI=1S/C19H34N2O29S5/c1-4-7(20-51(28,29)30)14(50-55(40,41)42)13(6(45-4)3-44-54(37,38)39)47-19-12(25)11(24)15(16(49-19)17(26)27)48-18-8(21-52(31,32)33)10(23)9(22)5(46-18)2-43-53(34,35)36/h4-16,18-25H,2-3H2,1H3,(H,26,27)(H,28,29,30)(H,31,32,33)(H,34,35,36)(H,37,38,39)(H,40,41,42)/t4-,5?,6?,7?,8-,9+,10?,11?,12-,13+,14+,15-,16?,18+,19+/m0/s1. The fourth-order valence-corrected chi connectivity index (χ4v) is 7.79. The van der Waals surface area contributed by atoms with Crippen LogP contribution in [-0.2, 0) is 92.8 Å². The van der Waals surface area contributed by atoms with Gasteiger partial charge in [-0.1, -0.05) is 0 Å². The van der Waals surface area contributed by atoms with E-state index in [1.54, 1.807) is 0 Å². The van der Waals surface area contributed by atoms with Crippen molar-refractivity contribution >= 4 is 57.8 Å². The van der Waals surface area contributed by atoms with Gasteiger partial charge in [0, 0.05) is 0 Å². The van der Waals surface area contributed by atoms with Gasteiger partial charge < -0.3 is 49.2 Å². The van der Waals surface area contributed by atoms with Crippen molar-refractivity contribution in [3.8, 4) is 0 Å². The van der Waals surface area contributed by atoms with E-state index >= 15 is 0 Å². The summed E-state index contributed by atoms with van der Waals surface area (Å²) in [5.74, 6) is -2.15. The molecule has 3 heterocycles. The van der Waals surface area contributed by atoms with E-state index in [1.807, 2.05) is 0 Å². The van der Waals surface area contributed by atoms with Crippen molar-refractivity contribution in [1.29, 1.82) is 0 Å². The lowest BCUT2D eigenvalue weighted by Gasteiger charge is -2.48. The van der Waals surface area contributed by atoms with Gasteiger partial charge in [-0.25, -0.2) is 17.3 Å². The summed E-state index contributed by atoms with van der Waals surface area (Å²) in [5.41, 5.74) is 0. The normalized spacial score (nSPS) is 38.4. The van der Waals surface area contributed by atoms with Crippen molar-refractivity contribution in [3.05, 3.63) is 0 Å². The predicted octanol–water partition coefficient (Wildman–Crippen LogP) is -8.13. The van der Waals surface area contributed by atoms with E-state index in [9.17, 15) is 86.1 Å². The van der Waals surface area contributed by atoms with Crippen molar-refractivity contribution in [3.63, 3.8) is 0 Å². The number of aliphatic hydroxyl groups is 4. The molecule has 0 spiro atoms. The van der Waals surface area contributed by atoms with Gasteiger partial charge in [-0.15, -0.1) is 0 Å². The SMILES string of the molecule is C[C@@H]1OC(COS(=O)(=O)O)[C@@H](O[C@@H]2OC(C(=O)O)[C@@H](O[C@H]3OC(COS(=O)(=O)O)[C@@H](O)C(O)[C@@H]3NS(=O)(=O)O)C(O)[C@@H]2O)[C@H](OS(=O)(=O)O)C1NS(=O)(=O)O. The van der Waals surface area contributed by atoms with E-state index in [2.05, 4.69) is 12.5 Å².